The number of quaternary nitrogens is 1. The fourth-order valence-corrected chi connectivity index (χ4v) is 1.33. The molecule has 0 saturated heterocycles. The van der Waals surface area contributed by atoms with E-state index in [0.29, 0.717) is 0 Å². The fourth-order valence-electron chi connectivity index (χ4n) is 1.33. The Morgan fingerprint density at radius 2 is 1.80 bits per heavy atom. The average molecular weight is 214 g/mol. The molecule has 0 unspecified atom stereocenters. The maximum Gasteiger partial charge on any atom is 0.0970 e. The van der Waals surface area contributed by atoms with Crippen LogP contribution in [0, 0.1) is 0 Å². The van der Waals surface area contributed by atoms with Gasteiger partial charge in [0.2, 0.25) is 0 Å². The van der Waals surface area contributed by atoms with Gasteiger partial charge in [0.05, 0.1) is 33.3 Å². The Morgan fingerprint density at radius 3 is 2.20 bits per heavy atom. The van der Waals surface area contributed by atoms with Crippen LogP contribution in [0.1, 0.15) is 40.0 Å². The molecule has 2 heteroatoms. The second-order valence-electron chi connectivity index (χ2n) is 6.19. The molecule has 90 valence electrons. The Balaban J connectivity index is 3.79. The van der Waals surface area contributed by atoms with Gasteiger partial charge in [0.1, 0.15) is 0 Å². The molecule has 0 aromatic heterocycles. The summed E-state index contributed by atoms with van der Waals surface area (Å²) in [5.41, 5.74) is 0.924. The zero-order valence-electron chi connectivity index (χ0n) is 11.3. The molecule has 0 aromatic rings. The van der Waals surface area contributed by atoms with Crippen LogP contribution in [0.15, 0.2) is 11.6 Å². The van der Waals surface area contributed by atoms with Crippen LogP contribution in [0.4, 0.5) is 0 Å². The van der Waals surface area contributed by atoms with Crippen LogP contribution in [0.3, 0.4) is 0 Å². The molecule has 0 aliphatic carbocycles. The predicted octanol–water partition coefficient (Wildman–Crippen LogP) is 2.58. The highest BCUT2D eigenvalue weighted by Gasteiger charge is 2.11. The Bertz CT molecular complexity index is 206. The van der Waals surface area contributed by atoms with Gasteiger partial charge in [0, 0.05) is 0 Å². The Hall–Kier alpha value is -0.340. The lowest BCUT2D eigenvalue weighted by Gasteiger charge is -2.22. The third kappa shape index (κ3) is 11.6. The molecule has 0 aliphatic heterocycles. The molecule has 0 spiro atoms. The molecule has 2 nitrogen and oxygen atoms in total. The van der Waals surface area contributed by atoms with E-state index in [9.17, 15) is 5.11 Å². The minimum atomic E-state index is -0.514. The number of allylic oxidation sites excluding steroid dienone is 1. The van der Waals surface area contributed by atoms with Gasteiger partial charge in [-0.1, -0.05) is 5.57 Å². The third-order valence-electron chi connectivity index (χ3n) is 2.35. The van der Waals surface area contributed by atoms with Crippen molar-refractivity contribution in [1.82, 2.24) is 0 Å². The Morgan fingerprint density at radius 1 is 1.27 bits per heavy atom. The van der Waals surface area contributed by atoms with Gasteiger partial charge in [-0.2, -0.15) is 0 Å². The number of aliphatic hydroxyl groups is 1. The largest absolute Gasteiger partial charge is 0.390 e. The molecule has 0 atom stereocenters. The smallest absolute Gasteiger partial charge is 0.0970 e. The lowest BCUT2D eigenvalue weighted by atomic mass is 9.99. The van der Waals surface area contributed by atoms with E-state index < -0.39 is 5.60 Å². The highest BCUT2D eigenvalue weighted by Crippen LogP contribution is 2.15. The highest BCUT2D eigenvalue weighted by atomic mass is 16.3. The van der Waals surface area contributed by atoms with Crippen molar-refractivity contribution < 1.29 is 9.59 Å². The molecule has 0 aromatic carbocycles. The zero-order valence-corrected chi connectivity index (χ0v) is 11.3. The normalized spacial score (nSPS) is 14.5. The van der Waals surface area contributed by atoms with Gasteiger partial charge in [0.15, 0.2) is 0 Å². The van der Waals surface area contributed by atoms with Crippen LogP contribution in [-0.2, 0) is 0 Å². The number of likely N-dealkylation sites (N-methyl/N-ethyl adjacent to an activating group) is 1. The average Bonchev–Trinajstić information content (AvgIpc) is 1.97. The summed E-state index contributed by atoms with van der Waals surface area (Å²) in [6.45, 7) is 7.00. The van der Waals surface area contributed by atoms with Gasteiger partial charge in [0.25, 0.3) is 0 Å². The molecule has 0 aliphatic rings. The van der Waals surface area contributed by atoms with E-state index in [4.69, 9.17) is 0 Å². The molecule has 0 heterocycles. The lowest BCUT2D eigenvalue weighted by molar-refractivity contribution is -0.864. The van der Waals surface area contributed by atoms with E-state index >= 15 is 0 Å². The van der Waals surface area contributed by atoms with Crippen molar-refractivity contribution in [3.05, 3.63) is 11.6 Å². The first-order valence-electron chi connectivity index (χ1n) is 5.79. The van der Waals surface area contributed by atoms with Crippen molar-refractivity contribution >= 4 is 0 Å². The summed E-state index contributed by atoms with van der Waals surface area (Å²) >= 11 is 0. The Kier molecular flexibility index (Phi) is 5.54. The maximum absolute atomic E-state index is 9.57. The number of nitrogens with zero attached hydrogens (tertiary/aromatic N) is 1. The van der Waals surface area contributed by atoms with Gasteiger partial charge >= 0.3 is 0 Å². The number of hydrogen-bond donors (Lipinski definition) is 1. The summed E-state index contributed by atoms with van der Waals surface area (Å²) in [5.74, 6) is 0. The quantitative estimate of drug-likeness (QED) is 0.532. The molecular weight excluding hydrogens is 186 g/mol. The van der Waals surface area contributed by atoms with Gasteiger partial charge in [-0.3, -0.25) is 0 Å². The molecule has 15 heavy (non-hydrogen) atoms. The second kappa shape index (κ2) is 5.66. The van der Waals surface area contributed by atoms with E-state index in [0.717, 1.165) is 30.3 Å². The first-order chi connectivity index (χ1) is 6.60. The van der Waals surface area contributed by atoms with Crippen molar-refractivity contribution in [1.29, 1.82) is 0 Å². The Labute approximate surface area is 95.2 Å². The van der Waals surface area contributed by atoms with Crippen molar-refractivity contribution in [2.45, 2.75) is 45.6 Å². The van der Waals surface area contributed by atoms with Crippen LogP contribution >= 0.6 is 0 Å². The van der Waals surface area contributed by atoms with Crippen LogP contribution in [0.25, 0.3) is 0 Å². The summed E-state index contributed by atoms with van der Waals surface area (Å²) in [6, 6.07) is 0. The van der Waals surface area contributed by atoms with E-state index in [2.05, 4.69) is 34.1 Å². The van der Waals surface area contributed by atoms with Crippen LogP contribution in [-0.4, -0.2) is 42.9 Å². The first-order valence-corrected chi connectivity index (χ1v) is 5.79. The minimum absolute atomic E-state index is 0.514. The third-order valence-corrected chi connectivity index (χ3v) is 2.35. The summed E-state index contributed by atoms with van der Waals surface area (Å²) in [4.78, 5) is 0. The maximum atomic E-state index is 9.57. The summed E-state index contributed by atoms with van der Waals surface area (Å²) in [7, 11) is 6.59. The summed E-state index contributed by atoms with van der Waals surface area (Å²) in [5, 5.41) is 9.57. The standard InChI is InChI=1S/C13H28NO/c1-12(9-11-14(4,5)6)8-7-10-13(2,3)15/h9,15H,7-8,10-11H2,1-6H3/q+1. The van der Waals surface area contributed by atoms with E-state index in [1.54, 1.807) is 0 Å². The predicted molar refractivity (Wildman–Crippen MR) is 66.8 cm³/mol. The van der Waals surface area contributed by atoms with Crippen LogP contribution in [0.2, 0.25) is 0 Å². The van der Waals surface area contributed by atoms with E-state index in [-0.39, 0.29) is 0 Å². The van der Waals surface area contributed by atoms with Gasteiger partial charge in [-0.25, -0.2) is 0 Å². The second-order valence-corrected chi connectivity index (χ2v) is 6.19. The molecular formula is C13H28NO+. The first kappa shape index (κ1) is 14.7. The molecule has 0 fully saturated rings. The monoisotopic (exact) mass is 214 g/mol. The van der Waals surface area contributed by atoms with E-state index in [1.807, 2.05) is 13.8 Å². The van der Waals surface area contributed by atoms with Gasteiger partial charge in [-0.15, -0.1) is 0 Å². The topological polar surface area (TPSA) is 20.2 Å². The van der Waals surface area contributed by atoms with Crippen molar-refractivity contribution in [2.24, 2.45) is 0 Å². The molecule has 0 amide bonds. The van der Waals surface area contributed by atoms with Crippen LogP contribution in [0.5, 0.6) is 0 Å². The van der Waals surface area contributed by atoms with Gasteiger partial charge < -0.3 is 9.59 Å². The summed E-state index contributed by atoms with van der Waals surface area (Å²) < 4.78 is 0.975. The molecule has 0 radical (unpaired) electrons. The van der Waals surface area contributed by atoms with Crippen molar-refractivity contribution in [3.8, 4) is 0 Å². The molecule has 0 rings (SSSR count). The molecule has 1 N–H and O–H groups in total. The molecule has 0 saturated carbocycles. The van der Waals surface area contributed by atoms with Crippen molar-refractivity contribution in [3.63, 3.8) is 0 Å². The zero-order chi connectivity index (χ0) is 12.1. The number of hydrogen-bond acceptors (Lipinski definition) is 1. The summed E-state index contributed by atoms with van der Waals surface area (Å²) in [6.07, 6.45) is 5.36. The highest BCUT2D eigenvalue weighted by molar-refractivity contribution is 4.98. The van der Waals surface area contributed by atoms with E-state index in [1.165, 1.54) is 5.57 Å². The number of rotatable bonds is 6. The van der Waals surface area contributed by atoms with Crippen molar-refractivity contribution in [2.75, 3.05) is 27.7 Å². The minimum Gasteiger partial charge on any atom is -0.390 e. The SMILES string of the molecule is CC(=CC[N+](C)(C)C)CCCC(C)(C)O. The van der Waals surface area contributed by atoms with Crippen LogP contribution < -0.4 is 0 Å². The van der Waals surface area contributed by atoms with Gasteiger partial charge in [-0.05, 0) is 46.1 Å². The molecule has 0 bridgehead atoms. The lowest BCUT2D eigenvalue weighted by Crippen LogP contribution is -2.34. The fraction of sp³-hybridized carbons (Fsp3) is 0.846.